The van der Waals surface area contributed by atoms with Crippen molar-refractivity contribution in [3.8, 4) is 0 Å². The molecule has 0 spiro atoms. The smallest absolute Gasteiger partial charge is 0.131 e. The van der Waals surface area contributed by atoms with Gasteiger partial charge in [0.15, 0.2) is 0 Å². The third-order valence-electron chi connectivity index (χ3n) is 2.39. The summed E-state index contributed by atoms with van der Waals surface area (Å²) in [5.41, 5.74) is 1.14. The SMILES string of the molecule is CCCCCOCc1cccnc1NCC. The van der Waals surface area contributed by atoms with Crippen molar-refractivity contribution in [1.29, 1.82) is 0 Å². The van der Waals surface area contributed by atoms with Crippen LogP contribution in [0, 0.1) is 0 Å². The van der Waals surface area contributed by atoms with Gasteiger partial charge in [-0.25, -0.2) is 4.98 Å². The largest absolute Gasteiger partial charge is 0.377 e. The predicted molar refractivity (Wildman–Crippen MR) is 67.6 cm³/mol. The molecular formula is C13H22N2O. The molecule has 0 aliphatic heterocycles. The van der Waals surface area contributed by atoms with E-state index in [1.165, 1.54) is 12.8 Å². The van der Waals surface area contributed by atoms with Gasteiger partial charge in [-0.1, -0.05) is 25.8 Å². The summed E-state index contributed by atoms with van der Waals surface area (Å²) in [6, 6.07) is 4.01. The van der Waals surface area contributed by atoms with E-state index in [1.807, 2.05) is 6.07 Å². The van der Waals surface area contributed by atoms with Crippen molar-refractivity contribution in [1.82, 2.24) is 4.98 Å². The molecule has 0 aliphatic rings. The van der Waals surface area contributed by atoms with E-state index in [0.29, 0.717) is 6.61 Å². The Bertz CT molecular complexity index is 289. The lowest BCUT2D eigenvalue weighted by molar-refractivity contribution is 0.117. The minimum absolute atomic E-state index is 0.653. The van der Waals surface area contributed by atoms with Gasteiger partial charge in [-0.15, -0.1) is 0 Å². The van der Waals surface area contributed by atoms with Gasteiger partial charge in [0.05, 0.1) is 6.61 Å². The van der Waals surface area contributed by atoms with Crippen molar-refractivity contribution in [2.45, 2.75) is 39.7 Å². The Balaban J connectivity index is 2.34. The summed E-state index contributed by atoms with van der Waals surface area (Å²) in [7, 11) is 0. The lowest BCUT2D eigenvalue weighted by Gasteiger charge is -2.09. The maximum Gasteiger partial charge on any atom is 0.131 e. The standard InChI is InChI=1S/C13H22N2O/c1-3-5-6-10-16-11-12-8-7-9-15-13(12)14-4-2/h7-9H,3-6,10-11H2,1-2H3,(H,14,15). The Hall–Kier alpha value is -1.09. The highest BCUT2D eigenvalue weighted by atomic mass is 16.5. The average molecular weight is 222 g/mol. The second-order valence-corrected chi connectivity index (χ2v) is 3.80. The van der Waals surface area contributed by atoms with Crippen LogP contribution in [0.2, 0.25) is 0 Å². The molecule has 0 saturated carbocycles. The fourth-order valence-electron chi connectivity index (χ4n) is 1.52. The van der Waals surface area contributed by atoms with Gasteiger partial charge in [0.25, 0.3) is 0 Å². The second kappa shape index (κ2) is 8.11. The first kappa shape index (κ1) is 13.0. The van der Waals surface area contributed by atoms with E-state index < -0.39 is 0 Å². The molecule has 1 N–H and O–H groups in total. The molecule has 0 saturated heterocycles. The third-order valence-corrected chi connectivity index (χ3v) is 2.39. The zero-order valence-electron chi connectivity index (χ0n) is 10.3. The molecule has 0 fully saturated rings. The van der Waals surface area contributed by atoms with Crippen molar-refractivity contribution in [3.63, 3.8) is 0 Å². The van der Waals surface area contributed by atoms with Gasteiger partial charge < -0.3 is 10.1 Å². The van der Waals surface area contributed by atoms with Gasteiger partial charge in [-0.2, -0.15) is 0 Å². The van der Waals surface area contributed by atoms with Crippen LogP contribution >= 0.6 is 0 Å². The van der Waals surface area contributed by atoms with Crippen LogP contribution < -0.4 is 5.32 Å². The van der Waals surface area contributed by atoms with Gasteiger partial charge in [0.2, 0.25) is 0 Å². The minimum atomic E-state index is 0.653. The number of pyridine rings is 1. The first-order chi connectivity index (χ1) is 7.88. The number of hydrogen-bond acceptors (Lipinski definition) is 3. The Kier molecular flexibility index (Phi) is 6.58. The Morgan fingerprint density at radius 2 is 2.19 bits per heavy atom. The zero-order chi connectivity index (χ0) is 11.6. The predicted octanol–water partition coefficient (Wildman–Crippen LogP) is 3.22. The molecule has 0 bridgehead atoms. The monoisotopic (exact) mass is 222 g/mol. The number of rotatable bonds is 8. The van der Waals surface area contributed by atoms with E-state index in [2.05, 4.69) is 30.2 Å². The first-order valence-corrected chi connectivity index (χ1v) is 6.14. The molecule has 1 heterocycles. The number of anilines is 1. The Labute approximate surface area is 98.2 Å². The summed E-state index contributed by atoms with van der Waals surface area (Å²) in [6.07, 6.45) is 5.43. The molecule has 90 valence electrons. The average Bonchev–Trinajstić information content (AvgIpc) is 2.31. The molecule has 3 heteroatoms. The van der Waals surface area contributed by atoms with Gasteiger partial charge in [-0.05, 0) is 19.4 Å². The van der Waals surface area contributed by atoms with E-state index in [-0.39, 0.29) is 0 Å². The summed E-state index contributed by atoms with van der Waals surface area (Å²) in [5.74, 6) is 0.945. The van der Waals surface area contributed by atoms with E-state index in [9.17, 15) is 0 Å². The molecule has 3 nitrogen and oxygen atoms in total. The third kappa shape index (κ3) is 4.62. The number of ether oxygens (including phenoxy) is 1. The molecular weight excluding hydrogens is 200 g/mol. The fourth-order valence-corrected chi connectivity index (χ4v) is 1.52. The number of aromatic nitrogens is 1. The molecule has 0 aliphatic carbocycles. The summed E-state index contributed by atoms with van der Waals surface area (Å²) in [4.78, 5) is 4.29. The van der Waals surface area contributed by atoms with Crippen LogP contribution in [-0.2, 0) is 11.3 Å². The van der Waals surface area contributed by atoms with Crippen LogP contribution in [0.5, 0.6) is 0 Å². The zero-order valence-corrected chi connectivity index (χ0v) is 10.3. The highest BCUT2D eigenvalue weighted by Crippen LogP contribution is 2.12. The topological polar surface area (TPSA) is 34.1 Å². The molecule has 1 rings (SSSR count). The summed E-state index contributed by atoms with van der Waals surface area (Å²) in [6.45, 7) is 6.65. The van der Waals surface area contributed by atoms with Crippen molar-refractivity contribution >= 4 is 5.82 Å². The highest BCUT2D eigenvalue weighted by Gasteiger charge is 2.01. The van der Waals surface area contributed by atoms with Crippen LogP contribution in [0.15, 0.2) is 18.3 Å². The van der Waals surface area contributed by atoms with Gasteiger partial charge in [0, 0.05) is 24.9 Å². The van der Waals surface area contributed by atoms with Crippen LogP contribution in [0.3, 0.4) is 0 Å². The van der Waals surface area contributed by atoms with Crippen LogP contribution in [0.25, 0.3) is 0 Å². The van der Waals surface area contributed by atoms with Crippen LogP contribution in [0.1, 0.15) is 38.7 Å². The minimum Gasteiger partial charge on any atom is -0.377 e. The Morgan fingerprint density at radius 3 is 2.94 bits per heavy atom. The molecule has 0 amide bonds. The molecule has 1 aromatic heterocycles. The quantitative estimate of drug-likeness (QED) is 0.686. The molecule has 0 aromatic carbocycles. The first-order valence-electron chi connectivity index (χ1n) is 6.14. The van der Waals surface area contributed by atoms with Crippen molar-refractivity contribution in [3.05, 3.63) is 23.9 Å². The van der Waals surface area contributed by atoms with Crippen LogP contribution in [0.4, 0.5) is 5.82 Å². The lowest BCUT2D eigenvalue weighted by Crippen LogP contribution is -2.05. The summed E-state index contributed by atoms with van der Waals surface area (Å²) >= 11 is 0. The maximum absolute atomic E-state index is 5.63. The van der Waals surface area contributed by atoms with Crippen molar-refractivity contribution in [2.24, 2.45) is 0 Å². The van der Waals surface area contributed by atoms with E-state index in [0.717, 1.165) is 31.0 Å². The molecule has 0 radical (unpaired) electrons. The highest BCUT2D eigenvalue weighted by molar-refractivity contribution is 5.42. The van der Waals surface area contributed by atoms with Crippen molar-refractivity contribution < 1.29 is 4.74 Å². The van der Waals surface area contributed by atoms with Gasteiger partial charge in [0.1, 0.15) is 5.82 Å². The number of hydrogen-bond donors (Lipinski definition) is 1. The van der Waals surface area contributed by atoms with E-state index in [1.54, 1.807) is 6.20 Å². The number of nitrogens with one attached hydrogen (secondary N) is 1. The van der Waals surface area contributed by atoms with Crippen LogP contribution in [-0.4, -0.2) is 18.1 Å². The Morgan fingerprint density at radius 1 is 1.31 bits per heavy atom. The van der Waals surface area contributed by atoms with Gasteiger partial charge in [-0.3, -0.25) is 0 Å². The van der Waals surface area contributed by atoms with E-state index in [4.69, 9.17) is 4.74 Å². The maximum atomic E-state index is 5.63. The number of nitrogens with zero attached hydrogens (tertiary/aromatic N) is 1. The second-order valence-electron chi connectivity index (χ2n) is 3.80. The number of unbranched alkanes of at least 4 members (excludes halogenated alkanes) is 2. The molecule has 1 aromatic rings. The lowest BCUT2D eigenvalue weighted by atomic mass is 10.2. The summed E-state index contributed by atoms with van der Waals surface area (Å²) < 4.78 is 5.63. The molecule has 0 unspecified atom stereocenters. The normalized spacial score (nSPS) is 10.4. The molecule has 16 heavy (non-hydrogen) atoms. The van der Waals surface area contributed by atoms with E-state index >= 15 is 0 Å². The molecule has 0 atom stereocenters. The summed E-state index contributed by atoms with van der Waals surface area (Å²) in [5, 5.41) is 3.24. The fraction of sp³-hybridized carbons (Fsp3) is 0.615. The van der Waals surface area contributed by atoms with Crippen molar-refractivity contribution in [2.75, 3.05) is 18.5 Å². The van der Waals surface area contributed by atoms with Gasteiger partial charge >= 0.3 is 0 Å².